The van der Waals surface area contributed by atoms with Gasteiger partial charge in [-0.2, -0.15) is 0 Å². The van der Waals surface area contributed by atoms with Crippen molar-refractivity contribution in [2.45, 2.75) is 97.4 Å². The SMILES string of the molecule is CCC(NC1CCC(NC(=O)OC(C)(C)C)CC1)C(C)C. The number of hydrogen-bond acceptors (Lipinski definition) is 3. The summed E-state index contributed by atoms with van der Waals surface area (Å²) >= 11 is 0. The highest BCUT2D eigenvalue weighted by molar-refractivity contribution is 5.68. The Hall–Kier alpha value is -0.770. The molecular weight excluding hydrogens is 264 g/mol. The van der Waals surface area contributed by atoms with E-state index in [9.17, 15) is 4.79 Å². The Kier molecular flexibility index (Phi) is 6.98. The molecular formula is C17H34N2O2. The second kappa shape index (κ2) is 8.02. The fraction of sp³-hybridized carbons (Fsp3) is 0.941. The molecule has 124 valence electrons. The first-order chi connectivity index (χ1) is 9.71. The molecule has 1 saturated carbocycles. The fourth-order valence-corrected chi connectivity index (χ4v) is 2.96. The van der Waals surface area contributed by atoms with Gasteiger partial charge >= 0.3 is 6.09 Å². The normalized spacial score (nSPS) is 24.7. The van der Waals surface area contributed by atoms with E-state index in [1.807, 2.05) is 20.8 Å². The van der Waals surface area contributed by atoms with Crippen LogP contribution in [-0.2, 0) is 4.74 Å². The van der Waals surface area contributed by atoms with Gasteiger partial charge in [0.25, 0.3) is 0 Å². The minimum atomic E-state index is -0.422. The van der Waals surface area contributed by atoms with Crippen LogP contribution in [0.3, 0.4) is 0 Å². The first kappa shape index (κ1) is 18.3. The molecule has 0 aromatic rings. The van der Waals surface area contributed by atoms with Crippen LogP contribution in [0.15, 0.2) is 0 Å². The van der Waals surface area contributed by atoms with Gasteiger partial charge in [-0.3, -0.25) is 0 Å². The van der Waals surface area contributed by atoms with Gasteiger partial charge in [0.15, 0.2) is 0 Å². The van der Waals surface area contributed by atoms with Crippen LogP contribution in [0.25, 0.3) is 0 Å². The van der Waals surface area contributed by atoms with Crippen molar-refractivity contribution < 1.29 is 9.53 Å². The van der Waals surface area contributed by atoms with Gasteiger partial charge in [-0.05, 0) is 58.8 Å². The van der Waals surface area contributed by atoms with Crippen molar-refractivity contribution >= 4 is 6.09 Å². The topological polar surface area (TPSA) is 50.4 Å². The van der Waals surface area contributed by atoms with Crippen molar-refractivity contribution in [1.82, 2.24) is 10.6 Å². The summed E-state index contributed by atoms with van der Waals surface area (Å²) in [6.45, 7) is 12.5. The third kappa shape index (κ3) is 7.16. The number of ether oxygens (including phenoxy) is 1. The Balaban J connectivity index is 2.30. The highest BCUT2D eigenvalue weighted by Crippen LogP contribution is 2.21. The summed E-state index contributed by atoms with van der Waals surface area (Å²) in [6.07, 6.45) is 5.21. The lowest BCUT2D eigenvalue weighted by atomic mass is 9.89. The van der Waals surface area contributed by atoms with Crippen LogP contribution < -0.4 is 10.6 Å². The van der Waals surface area contributed by atoms with Crippen LogP contribution in [0.1, 0.15) is 73.6 Å². The molecule has 1 amide bonds. The summed E-state index contributed by atoms with van der Waals surface area (Å²) in [5.41, 5.74) is -0.422. The molecule has 1 atom stereocenters. The zero-order valence-corrected chi connectivity index (χ0v) is 14.7. The van der Waals surface area contributed by atoms with E-state index < -0.39 is 5.60 Å². The molecule has 1 unspecified atom stereocenters. The van der Waals surface area contributed by atoms with E-state index in [1.165, 1.54) is 6.42 Å². The fourth-order valence-electron chi connectivity index (χ4n) is 2.96. The Morgan fingerprint density at radius 1 is 1.14 bits per heavy atom. The number of hydrogen-bond donors (Lipinski definition) is 2. The molecule has 0 heterocycles. The number of alkyl carbamates (subject to hydrolysis) is 1. The Labute approximate surface area is 130 Å². The van der Waals surface area contributed by atoms with Crippen molar-refractivity contribution in [2.24, 2.45) is 5.92 Å². The predicted octanol–water partition coefficient (Wildman–Crippen LogP) is 3.85. The molecule has 2 N–H and O–H groups in total. The molecule has 0 aliphatic heterocycles. The molecule has 0 bridgehead atoms. The summed E-state index contributed by atoms with van der Waals surface area (Å²) < 4.78 is 5.32. The lowest BCUT2D eigenvalue weighted by Gasteiger charge is -2.34. The number of amides is 1. The highest BCUT2D eigenvalue weighted by atomic mass is 16.6. The van der Waals surface area contributed by atoms with Gasteiger partial charge in [-0.25, -0.2) is 4.79 Å². The van der Waals surface area contributed by atoms with E-state index in [4.69, 9.17) is 4.74 Å². The lowest BCUT2D eigenvalue weighted by molar-refractivity contribution is 0.0489. The summed E-state index contributed by atoms with van der Waals surface area (Å²) in [4.78, 5) is 11.8. The molecule has 21 heavy (non-hydrogen) atoms. The maximum atomic E-state index is 11.8. The molecule has 0 aromatic carbocycles. The van der Waals surface area contributed by atoms with Crippen molar-refractivity contribution in [1.29, 1.82) is 0 Å². The molecule has 4 nitrogen and oxygen atoms in total. The summed E-state index contributed by atoms with van der Waals surface area (Å²) in [5, 5.41) is 6.77. The third-order valence-corrected chi connectivity index (χ3v) is 4.14. The molecule has 4 heteroatoms. The van der Waals surface area contributed by atoms with Gasteiger partial charge in [0.2, 0.25) is 0 Å². The van der Waals surface area contributed by atoms with Gasteiger partial charge in [0.1, 0.15) is 5.60 Å². The molecule has 1 aliphatic rings. The summed E-state index contributed by atoms with van der Waals surface area (Å²) in [5.74, 6) is 0.674. The monoisotopic (exact) mass is 298 g/mol. The average molecular weight is 298 g/mol. The quantitative estimate of drug-likeness (QED) is 0.810. The van der Waals surface area contributed by atoms with Crippen LogP contribution >= 0.6 is 0 Å². The van der Waals surface area contributed by atoms with Crippen molar-refractivity contribution in [2.75, 3.05) is 0 Å². The second-order valence-electron chi connectivity index (χ2n) is 7.62. The van der Waals surface area contributed by atoms with Crippen LogP contribution in [0.4, 0.5) is 4.79 Å². The summed E-state index contributed by atoms with van der Waals surface area (Å²) in [7, 11) is 0. The maximum absolute atomic E-state index is 11.8. The minimum absolute atomic E-state index is 0.261. The largest absolute Gasteiger partial charge is 0.444 e. The van der Waals surface area contributed by atoms with Crippen LogP contribution in [-0.4, -0.2) is 29.8 Å². The zero-order valence-electron chi connectivity index (χ0n) is 14.7. The average Bonchev–Trinajstić information content (AvgIpc) is 2.35. The maximum Gasteiger partial charge on any atom is 0.407 e. The molecule has 0 saturated heterocycles. The van der Waals surface area contributed by atoms with E-state index in [0.29, 0.717) is 18.0 Å². The Morgan fingerprint density at radius 2 is 1.67 bits per heavy atom. The molecule has 0 aromatic heterocycles. The van der Waals surface area contributed by atoms with Crippen LogP contribution in [0, 0.1) is 5.92 Å². The first-order valence-electron chi connectivity index (χ1n) is 8.46. The zero-order chi connectivity index (χ0) is 16.0. The smallest absolute Gasteiger partial charge is 0.407 e. The Morgan fingerprint density at radius 3 is 2.10 bits per heavy atom. The number of rotatable bonds is 5. The highest BCUT2D eigenvalue weighted by Gasteiger charge is 2.26. The number of carbonyl (C=O) groups is 1. The van der Waals surface area contributed by atoms with Crippen molar-refractivity contribution in [3.63, 3.8) is 0 Å². The van der Waals surface area contributed by atoms with Gasteiger partial charge in [-0.1, -0.05) is 20.8 Å². The van der Waals surface area contributed by atoms with E-state index in [0.717, 1.165) is 25.7 Å². The number of nitrogens with one attached hydrogen (secondary N) is 2. The van der Waals surface area contributed by atoms with Gasteiger partial charge < -0.3 is 15.4 Å². The van der Waals surface area contributed by atoms with Crippen molar-refractivity contribution in [3.8, 4) is 0 Å². The van der Waals surface area contributed by atoms with Crippen LogP contribution in [0.5, 0.6) is 0 Å². The van der Waals surface area contributed by atoms with E-state index in [1.54, 1.807) is 0 Å². The standard InChI is InChI=1S/C17H34N2O2/c1-7-15(12(2)3)18-13-8-10-14(11-9-13)19-16(20)21-17(4,5)6/h12-15,18H,7-11H2,1-6H3,(H,19,20). The molecule has 1 fully saturated rings. The predicted molar refractivity (Wildman–Crippen MR) is 87.5 cm³/mol. The van der Waals surface area contributed by atoms with Crippen molar-refractivity contribution in [3.05, 3.63) is 0 Å². The molecule has 1 rings (SSSR count). The van der Waals surface area contributed by atoms with E-state index in [-0.39, 0.29) is 12.1 Å². The second-order valence-corrected chi connectivity index (χ2v) is 7.62. The van der Waals surface area contributed by atoms with Gasteiger partial charge in [0, 0.05) is 18.1 Å². The summed E-state index contributed by atoms with van der Waals surface area (Å²) in [6, 6.07) is 1.46. The lowest BCUT2D eigenvalue weighted by Crippen LogP contribution is -2.47. The minimum Gasteiger partial charge on any atom is -0.444 e. The van der Waals surface area contributed by atoms with Gasteiger partial charge in [0.05, 0.1) is 0 Å². The van der Waals surface area contributed by atoms with Crippen LogP contribution in [0.2, 0.25) is 0 Å². The van der Waals surface area contributed by atoms with Gasteiger partial charge in [-0.15, -0.1) is 0 Å². The Bertz CT molecular complexity index is 315. The number of carbonyl (C=O) groups excluding carboxylic acids is 1. The van der Waals surface area contributed by atoms with E-state index >= 15 is 0 Å². The molecule has 1 aliphatic carbocycles. The van der Waals surface area contributed by atoms with E-state index in [2.05, 4.69) is 31.4 Å². The third-order valence-electron chi connectivity index (χ3n) is 4.14. The molecule has 0 spiro atoms. The molecule has 0 radical (unpaired) electrons. The first-order valence-corrected chi connectivity index (χ1v) is 8.46.